The average Bonchev–Trinajstić information content (AvgIpc) is 3.20. The highest BCUT2D eigenvalue weighted by molar-refractivity contribution is 7.99. The summed E-state index contributed by atoms with van der Waals surface area (Å²) in [4.78, 5) is 12.5. The number of hydrogen-bond donors (Lipinski definition) is 1. The van der Waals surface area contributed by atoms with Crippen LogP contribution in [0.25, 0.3) is 0 Å². The lowest BCUT2D eigenvalue weighted by molar-refractivity contribution is -0.119. The Balaban J connectivity index is 1.41. The molecule has 32 heavy (non-hydrogen) atoms. The van der Waals surface area contributed by atoms with E-state index in [1.807, 2.05) is 54.0 Å². The molecule has 2 aromatic carbocycles. The number of allylic oxidation sites excluding steroid dienone is 1. The van der Waals surface area contributed by atoms with Crippen molar-refractivity contribution in [2.45, 2.75) is 30.8 Å². The van der Waals surface area contributed by atoms with Crippen molar-refractivity contribution in [2.24, 2.45) is 0 Å². The van der Waals surface area contributed by atoms with Crippen LogP contribution in [0.3, 0.4) is 0 Å². The number of hydrogen-bond acceptors (Lipinski definition) is 6. The number of thioether (sulfide) groups is 1. The monoisotopic (exact) mass is 470 g/mol. The van der Waals surface area contributed by atoms with Crippen molar-refractivity contribution < 1.29 is 14.3 Å². The van der Waals surface area contributed by atoms with Crippen molar-refractivity contribution in [3.63, 3.8) is 0 Å². The largest absolute Gasteiger partial charge is 0.485 e. The highest BCUT2D eigenvalue weighted by Crippen LogP contribution is 2.36. The molecule has 1 aromatic heterocycles. The summed E-state index contributed by atoms with van der Waals surface area (Å²) in [7, 11) is 0. The topological polar surface area (TPSA) is 78.3 Å². The molecule has 1 N–H and O–H groups in total. The van der Waals surface area contributed by atoms with E-state index in [-0.39, 0.29) is 17.7 Å². The van der Waals surface area contributed by atoms with E-state index in [0.717, 1.165) is 5.56 Å². The number of ether oxygens (including phenoxy) is 2. The third-order valence-electron chi connectivity index (χ3n) is 4.91. The van der Waals surface area contributed by atoms with Crippen LogP contribution >= 0.6 is 23.4 Å². The second-order valence-electron chi connectivity index (χ2n) is 7.24. The normalized spacial score (nSPS) is 15.8. The van der Waals surface area contributed by atoms with Crippen molar-refractivity contribution >= 4 is 29.3 Å². The first-order chi connectivity index (χ1) is 15.5. The van der Waals surface area contributed by atoms with Gasteiger partial charge in [-0.2, -0.15) is 0 Å². The number of carbonyl (C=O) groups is 1. The van der Waals surface area contributed by atoms with E-state index < -0.39 is 6.10 Å². The summed E-state index contributed by atoms with van der Waals surface area (Å²) in [5, 5.41) is 12.8. The van der Waals surface area contributed by atoms with E-state index in [1.54, 1.807) is 12.1 Å². The first-order valence-electron chi connectivity index (χ1n) is 10.1. The molecule has 9 heteroatoms. The fraction of sp³-hybridized carbons (Fsp3) is 0.261. The number of halogens is 1. The van der Waals surface area contributed by atoms with E-state index in [2.05, 4.69) is 22.1 Å². The van der Waals surface area contributed by atoms with Gasteiger partial charge in [0.25, 0.3) is 0 Å². The third-order valence-corrected chi connectivity index (χ3v) is 6.11. The molecule has 0 fully saturated rings. The Bertz CT molecular complexity index is 1120. The van der Waals surface area contributed by atoms with Crippen LogP contribution in [0.1, 0.15) is 30.5 Å². The van der Waals surface area contributed by atoms with Crippen LogP contribution in [-0.2, 0) is 11.3 Å². The van der Waals surface area contributed by atoms with Crippen molar-refractivity contribution in [2.75, 3.05) is 12.4 Å². The van der Waals surface area contributed by atoms with Gasteiger partial charge in [0, 0.05) is 11.6 Å². The molecule has 7 nitrogen and oxygen atoms in total. The van der Waals surface area contributed by atoms with Crippen LogP contribution in [0, 0.1) is 0 Å². The second-order valence-corrected chi connectivity index (χ2v) is 8.62. The molecule has 3 aromatic rings. The first kappa shape index (κ1) is 22.2. The van der Waals surface area contributed by atoms with E-state index in [1.165, 1.54) is 11.8 Å². The molecule has 4 rings (SSSR count). The maximum atomic E-state index is 12.5. The van der Waals surface area contributed by atoms with E-state index in [0.29, 0.717) is 40.7 Å². The fourth-order valence-electron chi connectivity index (χ4n) is 3.36. The summed E-state index contributed by atoms with van der Waals surface area (Å²) >= 11 is 7.36. The molecule has 0 saturated carbocycles. The SMILES string of the molecule is C=CCn1c(SCC(=O)N[C@H](C)c2cccc(Cl)c2)nnc1[C@H]1COc2ccccc2O1. The molecule has 1 aliphatic rings. The number of nitrogens with one attached hydrogen (secondary N) is 1. The number of carbonyl (C=O) groups excluding carboxylic acids is 1. The summed E-state index contributed by atoms with van der Waals surface area (Å²) in [5.74, 6) is 2.10. The average molecular weight is 471 g/mol. The van der Waals surface area contributed by atoms with Gasteiger partial charge in [-0.1, -0.05) is 53.7 Å². The van der Waals surface area contributed by atoms with Crippen LogP contribution in [0.4, 0.5) is 0 Å². The second kappa shape index (κ2) is 10.1. The predicted octanol–water partition coefficient (Wildman–Crippen LogP) is 4.60. The summed E-state index contributed by atoms with van der Waals surface area (Å²) in [6.45, 7) is 6.57. The molecule has 1 aliphatic heterocycles. The minimum atomic E-state index is -0.400. The number of aromatic nitrogens is 3. The minimum Gasteiger partial charge on any atom is -0.485 e. The van der Waals surface area contributed by atoms with E-state index >= 15 is 0 Å². The Hall–Kier alpha value is -2.97. The molecule has 1 amide bonds. The van der Waals surface area contributed by atoms with Crippen molar-refractivity contribution in [1.29, 1.82) is 0 Å². The minimum absolute atomic E-state index is 0.108. The number of fused-ring (bicyclic) bond motifs is 1. The van der Waals surface area contributed by atoms with Crippen molar-refractivity contribution in [3.8, 4) is 11.5 Å². The molecule has 2 heterocycles. The van der Waals surface area contributed by atoms with Gasteiger partial charge in [-0.3, -0.25) is 9.36 Å². The van der Waals surface area contributed by atoms with Crippen LogP contribution in [-0.4, -0.2) is 33.0 Å². The third kappa shape index (κ3) is 5.08. The molecule has 0 spiro atoms. The quantitative estimate of drug-likeness (QED) is 0.383. The standard InChI is InChI=1S/C23H23ClN4O3S/c1-3-11-28-22(20-13-30-18-9-4-5-10-19(18)31-20)26-27-23(28)32-14-21(29)25-15(2)16-7-6-8-17(24)12-16/h3-10,12,15,20H,1,11,13-14H2,2H3,(H,25,29)/t15-,20-/m1/s1. The Morgan fingerprint density at radius 3 is 2.91 bits per heavy atom. The summed E-state index contributed by atoms with van der Waals surface area (Å²) in [6.07, 6.45) is 1.36. The molecule has 2 atom stereocenters. The van der Waals surface area contributed by atoms with Gasteiger partial charge in [-0.25, -0.2) is 0 Å². The molecule has 0 radical (unpaired) electrons. The van der Waals surface area contributed by atoms with Crippen molar-refractivity contribution in [3.05, 3.63) is 77.6 Å². The van der Waals surface area contributed by atoms with Gasteiger partial charge in [0.1, 0.15) is 6.61 Å². The lowest BCUT2D eigenvalue weighted by atomic mass is 10.1. The smallest absolute Gasteiger partial charge is 0.230 e. The fourth-order valence-corrected chi connectivity index (χ4v) is 4.33. The maximum absolute atomic E-state index is 12.5. The van der Waals surface area contributed by atoms with Crippen LogP contribution in [0.15, 0.2) is 66.3 Å². The zero-order valence-corrected chi connectivity index (χ0v) is 19.1. The molecule has 0 bridgehead atoms. The van der Waals surface area contributed by atoms with Gasteiger partial charge >= 0.3 is 0 Å². The number of rotatable bonds is 8. The Morgan fingerprint density at radius 1 is 1.31 bits per heavy atom. The molecule has 0 unspecified atom stereocenters. The van der Waals surface area contributed by atoms with E-state index in [4.69, 9.17) is 21.1 Å². The predicted molar refractivity (Wildman–Crippen MR) is 124 cm³/mol. The van der Waals surface area contributed by atoms with Gasteiger partial charge in [0.15, 0.2) is 28.6 Å². The Morgan fingerprint density at radius 2 is 2.12 bits per heavy atom. The Kier molecular flexibility index (Phi) is 7.02. The van der Waals surface area contributed by atoms with Gasteiger partial charge in [0.2, 0.25) is 5.91 Å². The molecule has 0 saturated heterocycles. The lowest BCUT2D eigenvalue weighted by Gasteiger charge is -2.26. The van der Waals surface area contributed by atoms with E-state index in [9.17, 15) is 4.79 Å². The maximum Gasteiger partial charge on any atom is 0.230 e. The van der Waals surface area contributed by atoms with Crippen LogP contribution in [0.2, 0.25) is 5.02 Å². The molecular formula is C23H23ClN4O3S. The summed E-state index contributed by atoms with van der Waals surface area (Å²) in [6, 6.07) is 14.8. The number of amides is 1. The highest BCUT2D eigenvalue weighted by atomic mass is 35.5. The molecular weight excluding hydrogens is 448 g/mol. The van der Waals surface area contributed by atoms with Crippen molar-refractivity contribution in [1.82, 2.24) is 20.1 Å². The summed E-state index contributed by atoms with van der Waals surface area (Å²) in [5.41, 5.74) is 0.947. The number of benzene rings is 2. The highest BCUT2D eigenvalue weighted by Gasteiger charge is 2.28. The van der Waals surface area contributed by atoms with Gasteiger partial charge in [-0.15, -0.1) is 16.8 Å². The number of para-hydroxylation sites is 2. The lowest BCUT2D eigenvalue weighted by Crippen LogP contribution is -2.28. The first-order valence-corrected chi connectivity index (χ1v) is 11.5. The summed E-state index contributed by atoms with van der Waals surface area (Å²) < 4.78 is 13.8. The zero-order valence-electron chi connectivity index (χ0n) is 17.5. The van der Waals surface area contributed by atoms with Gasteiger partial charge in [-0.05, 0) is 36.8 Å². The van der Waals surface area contributed by atoms with Gasteiger partial charge in [0.05, 0.1) is 11.8 Å². The van der Waals surface area contributed by atoms with Crippen LogP contribution < -0.4 is 14.8 Å². The molecule has 0 aliphatic carbocycles. The van der Waals surface area contributed by atoms with Crippen LogP contribution in [0.5, 0.6) is 11.5 Å². The van der Waals surface area contributed by atoms with Gasteiger partial charge < -0.3 is 14.8 Å². The zero-order chi connectivity index (χ0) is 22.5. The Labute approximate surface area is 195 Å². The molecule has 166 valence electrons. The number of nitrogens with zero attached hydrogens (tertiary/aromatic N) is 3.